The second-order valence-electron chi connectivity index (χ2n) is 8.86. The van der Waals surface area contributed by atoms with E-state index in [1.54, 1.807) is 49.0 Å². The molecule has 0 bridgehead atoms. The predicted octanol–water partition coefficient (Wildman–Crippen LogP) is 2.91. The van der Waals surface area contributed by atoms with Crippen LogP contribution in [0, 0.1) is 6.92 Å². The first-order chi connectivity index (χ1) is 18.1. The van der Waals surface area contributed by atoms with E-state index in [9.17, 15) is 17.2 Å². The summed E-state index contributed by atoms with van der Waals surface area (Å²) in [6, 6.07) is 5.20. The molecule has 0 aliphatic heterocycles. The van der Waals surface area contributed by atoms with Gasteiger partial charge in [0.05, 0.1) is 19.5 Å². The molecule has 1 N–H and O–H groups in total. The van der Waals surface area contributed by atoms with Gasteiger partial charge in [0.1, 0.15) is 28.8 Å². The molecule has 0 radical (unpaired) electrons. The topological polar surface area (TPSA) is 161 Å². The van der Waals surface area contributed by atoms with Crippen LogP contribution in [-0.4, -0.2) is 67.1 Å². The van der Waals surface area contributed by atoms with Gasteiger partial charge in [-0.1, -0.05) is 30.5 Å². The maximum atomic E-state index is 13.5. The van der Waals surface area contributed by atoms with Crippen LogP contribution in [0.4, 0.5) is 5.95 Å². The van der Waals surface area contributed by atoms with Crippen molar-refractivity contribution in [1.29, 1.82) is 0 Å². The number of sulfonamides is 1. The van der Waals surface area contributed by atoms with Gasteiger partial charge in [0.25, 0.3) is 0 Å². The fourth-order valence-electron chi connectivity index (χ4n) is 3.85. The van der Waals surface area contributed by atoms with Crippen LogP contribution in [0.2, 0.25) is 0 Å². The minimum atomic E-state index is -3.97. The lowest BCUT2D eigenvalue weighted by Crippen LogP contribution is -2.31. The fourth-order valence-corrected chi connectivity index (χ4v) is 5.52. The number of hydrogen-bond acceptors (Lipinski definition) is 10. The van der Waals surface area contributed by atoms with Gasteiger partial charge in [-0.15, -0.1) is 10.2 Å². The van der Waals surface area contributed by atoms with Gasteiger partial charge in [-0.2, -0.15) is 0 Å². The number of nitrogens with zero attached hydrogens (tertiary/aromatic N) is 5. The zero-order valence-corrected chi connectivity index (χ0v) is 23.7. The van der Waals surface area contributed by atoms with E-state index in [1.165, 1.54) is 14.2 Å². The first-order valence-corrected chi connectivity index (χ1v) is 14.9. The van der Waals surface area contributed by atoms with Gasteiger partial charge < -0.3 is 14.0 Å². The van der Waals surface area contributed by atoms with E-state index in [1.807, 2.05) is 6.92 Å². The fraction of sp³-hybridized carbons (Fsp3) is 0.500. The number of benzene rings is 1. The molecule has 3 atom stereocenters. The van der Waals surface area contributed by atoms with E-state index < -0.39 is 32.3 Å². The van der Waals surface area contributed by atoms with Crippen LogP contribution in [0.25, 0.3) is 5.69 Å². The third-order valence-electron chi connectivity index (χ3n) is 6.20. The summed E-state index contributed by atoms with van der Waals surface area (Å²) in [5.41, 5.74) is 1.32. The Labute approximate surface area is 225 Å². The average molecular weight is 566 g/mol. The highest BCUT2D eigenvalue weighted by atomic mass is 32.2. The van der Waals surface area contributed by atoms with Crippen molar-refractivity contribution < 1.29 is 26.7 Å². The van der Waals surface area contributed by atoms with E-state index in [-0.39, 0.29) is 11.7 Å². The normalized spacial score (nSPS) is 14.1. The monoisotopic (exact) mass is 565 g/mol. The third-order valence-corrected chi connectivity index (χ3v) is 8.68. The van der Waals surface area contributed by atoms with Crippen LogP contribution in [0.15, 0.2) is 30.6 Å². The Morgan fingerprint density at radius 3 is 2.26 bits per heavy atom. The molecule has 0 saturated heterocycles. The largest absolute Gasteiger partial charge is 0.772 e. The molecular weight excluding hydrogens is 532 g/mol. The summed E-state index contributed by atoms with van der Waals surface area (Å²) in [4.78, 5) is 8.57. The van der Waals surface area contributed by atoms with Crippen molar-refractivity contribution in [1.82, 2.24) is 24.7 Å². The van der Waals surface area contributed by atoms with Crippen molar-refractivity contribution in [3.05, 3.63) is 47.8 Å². The highest BCUT2D eigenvalue weighted by molar-refractivity contribution is 7.93. The second-order valence-corrected chi connectivity index (χ2v) is 11.9. The molecule has 208 valence electrons. The number of unbranched alkanes of at least 4 members (excludes halogenated alkanes) is 2. The van der Waals surface area contributed by atoms with E-state index in [0.29, 0.717) is 54.5 Å². The Morgan fingerprint density at radius 1 is 1.05 bits per heavy atom. The van der Waals surface area contributed by atoms with E-state index in [0.717, 1.165) is 5.56 Å². The van der Waals surface area contributed by atoms with E-state index in [2.05, 4.69) is 24.9 Å². The van der Waals surface area contributed by atoms with Gasteiger partial charge in [-0.25, -0.2) is 18.4 Å². The second kappa shape index (κ2) is 13.1. The lowest BCUT2D eigenvalue weighted by Gasteiger charge is -2.21. The Morgan fingerprint density at radius 2 is 1.68 bits per heavy atom. The molecule has 0 amide bonds. The standard InChI is InChI=1S/C24H34N6O6S2/c1-16-14-25-23(26-15-16)17(2)18(3)38(33,34)29-24-28-27-21(12-7-6-8-13-37(31)32)30(24)22-19(35-4)10-9-11-20(22)36-5/h9-11,14-15,17-18H,6-8,12-13H2,1-5H3,(H,28,29)(H,31,32)/p-1/t17-,18-/m0/s1. The van der Waals surface area contributed by atoms with Crippen LogP contribution in [0.5, 0.6) is 11.5 Å². The summed E-state index contributed by atoms with van der Waals surface area (Å²) in [7, 11) is -0.968. The number of methoxy groups -OCH3 is 2. The lowest BCUT2D eigenvalue weighted by molar-refractivity contribution is 0.390. The SMILES string of the molecule is COc1cccc(OC)c1-n1c(CCCCCS(=O)[O-])nnc1NS(=O)(=O)[C@@H](C)[C@H](C)c1ncc(C)cn1. The highest BCUT2D eigenvalue weighted by Gasteiger charge is 2.32. The van der Waals surface area contributed by atoms with Crippen molar-refractivity contribution in [3.8, 4) is 17.2 Å². The molecular formula is C24H33N6O6S2-. The molecule has 38 heavy (non-hydrogen) atoms. The number of nitrogens with one attached hydrogen (secondary N) is 1. The Balaban J connectivity index is 1.97. The number of ether oxygens (including phenoxy) is 2. The van der Waals surface area contributed by atoms with Crippen LogP contribution in [0.1, 0.15) is 56.2 Å². The van der Waals surface area contributed by atoms with Crippen molar-refractivity contribution >= 4 is 27.1 Å². The molecule has 0 aliphatic rings. The lowest BCUT2D eigenvalue weighted by atomic mass is 10.1. The maximum absolute atomic E-state index is 13.5. The number of para-hydroxylation sites is 1. The molecule has 3 aromatic rings. The zero-order valence-electron chi connectivity index (χ0n) is 22.1. The number of hydrogen-bond donors (Lipinski definition) is 1. The summed E-state index contributed by atoms with van der Waals surface area (Å²) in [6.45, 7) is 5.20. The number of aromatic nitrogens is 5. The molecule has 1 aromatic carbocycles. The van der Waals surface area contributed by atoms with E-state index >= 15 is 0 Å². The number of anilines is 1. The van der Waals surface area contributed by atoms with Crippen molar-refractivity contribution in [3.63, 3.8) is 0 Å². The summed E-state index contributed by atoms with van der Waals surface area (Å²) in [5.74, 6) is 1.31. The Hall–Kier alpha value is -3.10. The molecule has 14 heteroatoms. The smallest absolute Gasteiger partial charge is 0.243 e. The van der Waals surface area contributed by atoms with Crippen LogP contribution >= 0.6 is 0 Å². The Kier molecular flexibility index (Phi) is 10.2. The summed E-state index contributed by atoms with van der Waals surface area (Å²) in [5, 5.41) is 7.53. The van der Waals surface area contributed by atoms with Crippen LogP contribution < -0.4 is 14.2 Å². The molecule has 0 spiro atoms. The third kappa shape index (κ3) is 7.05. The quantitative estimate of drug-likeness (QED) is 0.227. The summed E-state index contributed by atoms with van der Waals surface area (Å²) >= 11 is -2.09. The molecule has 1 unspecified atom stereocenters. The van der Waals surface area contributed by atoms with Gasteiger partial charge in [-0.05, 0) is 44.4 Å². The van der Waals surface area contributed by atoms with Crippen LogP contribution in [-0.2, 0) is 27.5 Å². The molecule has 2 heterocycles. The van der Waals surface area contributed by atoms with Crippen molar-refractivity contribution in [2.24, 2.45) is 0 Å². The summed E-state index contributed by atoms with van der Waals surface area (Å²) in [6.07, 6.45) is 5.50. The number of rotatable bonds is 14. The molecule has 0 aliphatic carbocycles. The van der Waals surface area contributed by atoms with Gasteiger partial charge in [-0.3, -0.25) is 13.5 Å². The summed E-state index contributed by atoms with van der Waals surface area (Å²) < 4.78 is 63.9. The van der Waals surface area contributed by atoms with Gasteiger partial charge in [0.15, 0.2) is 0 Å². The highest BCUT2D eigenvalue weighted by Crippen LogP contribution is 2.36. The van der Waals surface area contributed by atoms with Crippen molar-refractivity contribution in [2.75, 3.05) is 24.7 Å². The van der Waals surface area contributed by atoms with Gasteiger partial charge >= 0.3 is 0 Å². The molecule has 3 rings (SSSR count). The molecule has 2 aromatic heterocycles. The molecule has 0 fully saturated rings. The van der Waals surface area contributed by atoms with Crippen LogP contribution in [0.3, 0.4) is 0 Å². The molecule has 12 nitrogen and oxygen atoms in total. The number of aryl methyl sites for hydroxylation is 2. The first kappa shape index (κ1) is 29.5. The van der Waals surface area contributed by atoms with Gasteiger partial charge in [0.2, 0.25) is 16.0 Å². The van der Waals surface area contributed by atoms with E-state index in [4.69, 9.17) is 9.47 Å². The minimum absolute atomic E-state index is 0.0210. The predicted molar refractivity (Wildman–Crippen MR) is 143 cm³/mol. The zero-order chi connectivity index (χ0) is 27.9. The Bertz CT molecular complexity index is 1320. The van der Waals surface area contributed by atoms with Crippen molar-refractivity contribution in [2.45, 2.75) is 57.6 Å². The average Bonchev–Trinajstić information content (AvgIpc) is 3.28. The minimum Gasteiger partial charge on any atom is -0.772 e. The molecule has 0 saturated carbocycles. The maximum Gasteiger partial charge on any atom is 0.243 e. The first-order valence-electron chi connectivity index (χ1n) is 12.1. The van der Waals surface area contributed by atoms with Gasteiger partial charge in [0, 0.05) is 30.5 Å².